The third kappa shape index (κ3) is 3.00. The van der Waals surface area contributed by atoms with Gasteiger partial charge in [0.05, 0.1) is 0 Å². The Morgan fingerprint density at radius 2 is 1.86 bits per heavy atom. The molecule has 1 aromatic heterocycles. The molecule has 2 aromatic rings. The molecule has 0 aliphatic carbocycles. The lowest BCUT2D eigenvalue weighted by atomic mass is 10.1. The number of anilines is 1. The molecule has 1 amide bonds. The smallest absolute Gasteiger partial charge is 0.323 e. The Morgan fingerprint density at radius 3 is 2.62 bits per heavy atom. The molecule has 1 aliphatic rings. The van der Waals surface area contributed by atoms with E-state index >= 15 is 0 Å². The van der Waals surface area contributed by atoms with Gasteiger partial charge in [0, 0.05) is 23.9 Å². The van der Waals surface area contributed by atoms with E-state index in [1.54, 1.807) is 4.90 Å². The van der Waals surface area contributed by atoms with Gasteiger partial charge in [0.15, 0.2) is 11.0 Å². The number of carbonyl (C=O) groups excluding carboxylic acids is 1. The van der Waals surface area contributed by atoms with Crippen molar-refractivity contribution in [2.75, 3.05) is 18.6 Å². The van der Waals surface area contributed by atoms with Crippen molar-refractivity contribution in [1.29, 1.82) is 0 Å². The monoisotopic (exact) mass is 306 g/mol. The van der Waals surface area contributed by atoms with Crippen LogP contribution in [-0.2, 0) is 4.84 Å². The summed E-state index contributed by atoms with van der Waals surface area (Å²) < 4.78 is 0. The third-order valence-corrected chi connectivity index (χ3v) is 3.77. The molecule has 0 saturated carbocycles. The summed E-state index contributed by atoms with van der Waals surface area (Å²) in [6.45, 7) is 1.46. The van der Waals surface area contributed by atoms with Crippen LogP contribution >= 0.6 is 11.6 Å². The summed E-state index contributed by atoms with van der Waals surface area (Å²) in [6, 6.07) is 7.40. The average Bonchev–Trinajstić information content (AvgIpc) is 2.55. The van der Waals surface area contributed by atoms with Crippen LogP contribution in [0.3, 0.4) is 0 Å². The van der Waals surface area contributed by atoms with Gasteiger partial charge in [-0.15, -0.1) is 10.2 Å². The lowest BCUT2D eigenvalue weighted by molar-refractivity contribution is 0.114. The summed E-state index contributed by atoms with van der Waals surface area (Å²) in [7, 11) is 0. The zero-order valence-electron chi connectivity index (χ0n) is 11.4. The number of benzene rings is 1. The maximum Gasteiger partial charge on any atom is 0.434 e. The number of nitrogens with one attached hydrogen (secondary N) is 1. The first kappa shape index (κ1) is 13.9. The highest BCUT2D eigenvalue weighted by molar-refractivity contribution is 6.34. The van der Waals surface area contributed by atoms with Crippen LogP contribution in [0.25, 0.3) is 10.8 Å². The maximum atomic E-state index is 11.9. The van der Waals surface area contributed by atoms with Crippen LogP contribution in [0.5, 0.6) is 0 Å². The van der Waals surface area contributed by atoms with E-state index in [-0.39, 0.29) is 0 Å². The number of likely N-dealkylation sites (tertiary alicyclic amines) is 1. The van der Waals surface area contributed by atoms with Gasteiger partial charge in [-0.3, -0.25) is 0 Å². The Morgan fingerprint density at radius 1 is 1.14 bits per heavy atom. The molecule has 1 fully saturated rings. The van der Waals surface area contributed by atoms with Crippen molar-refractivity contribution in [2.24, 2.45) is 0 Å². The quantitative estimate of drug-likeness (QED) is 0.863. The first-order valence-electron chi connectivity index (χ1n) is 6.88. The molecular weight excluding hydrogens is 292 g/mol. The third-order valence-electron chi connectivity index (χ3n) is 3.49. The minimum atomic E-state index is -0.393. The highest BCUT2D eigenvalue weighted by Gasteiger charge is 2.18. The summed E-state index contributed by atoms with van der Waals surface area (Å²) in [5.41, 5.74) is 2.59. The molecule has 1 N–H and O–H groups in total. The van der Waals surface area contributed by atoms with Gasteiger partial charge >= 0.3 is 6.09 Å². The van der Waals surface area contributed by atoms with Crippen LogP contribution < -0.4 is 5.48 Å². The second-order valence-electron chi connectivity index (χ2n) is 4.90. The molecule has 6 nitrogen and oxygen atoms in total. The molecule has 21 heavy (non-hydrogen) atoms. The van der Waals surface area contributed by atoms with Crippen LogP contribution in [0.2, 0.25) is 5.15 Å². The van der Waals surface area contributed by atoms with E-state index in [2.05, 4.69) is 15.7 Å². The highest BCUT2D eigenvalue weighted by atomic mass is 35.5. The van der Waals surface area contributed by atoms with E-state index in [0.29, 0.717) is 11.0 Å². The van der Waals surface area contributed by atoms with Crippen molar-refractivity contribution in [2.45, 2.75) is 19.3 Å². The molecule has 2 heterocycles. The Hall–Kier alpha value is -2.08. The molecule has 1 aromatic carbocycles. The fourth-order valence-corrected chi connectivity index (χ4v) is 2.58. The number of amides is 1. The molecular formula is C14H15ClN4O2. The zero-order chi connectivity index (χ0) is 14.7. The van der Waals surface area contributed by atoms with Crippen molar-refractivity contribution in [3.8, 4) is 0 Å². The van der Waals surface area contributed by atoms with Crippen molar-refractivity contribution in [1.82, 2.24) is 15.1 Å². The van der Waals surface area contributed by atoms with Gasteiger partial charge in [0.2, 0.25) is 0 Å². The molecule has 1 aliphatic heterocycles. The fourth-order valence-electron chi connectivity index (χ4n) is 2.38. The summed E-state index contributed by atoms with van der Waals surface area (Å²) in [4.78, 5) is 18.7. The Kier molecular flexibility index (Phi) is 4.06. The molecule has 0 radical (unpaired) electrons. The Labute approximate surface area is 127 Å². The van der Waals surface area contributed by atoms with E-state index in [1.165, 1.54) is 0 Å². The lowest BCUT2D eigenvalue weighted by Gasteiger charge is -2.25. The number of halogens is 1. The normalized spacial score (nSPS) is 15.0. The number of piperidine rings is 1. The van der Waals surface area contributed by atoms with Gasteiger partial charge in [-0.05, 0) is 19.3 Å². The molecule has 0 unspecified atom stereocenters. The Bertz CT molecular complexity index is 658. The van der Waals surface area contributed by atoms with Gasteiger partial charge in [-0.1, -0.05) is 35.9 Å². The van der Waals surface area contributed by atoms with Crippen molar-refractivity contribution >= 4 is 34.3 Å². The number of hydrogen-bond acceptors (Lipinski definition) is 5. The molecule has 0 atom stereocenters. The van der Waals surface area contributed by atoms with Crippen molar-refractivity contribution in [3.63, 3.8) is 0 Å². The zero-order valence-corrected chi connectivity index (χ0v) is 12.1. The van der Waals surface area contributed by atoms with Crippen molar-refractivity contribution in [3.05, 3.63) is 29.4 Å². The molecule has 3 rings (SSSR count). The van der Waals surface area contributed by atoms with Crippen LogP contribution in [0.4, 0.5) is 10.6 Å². The van der Waals surface area contributed by atoms with Crippen LogP contribution in [0, 0.1) is 0 Å². The highest BCUT2D eigenvalue weighted by Crippen LogP contribution is 2.25. The molecule has 110 valence electrons. The van der Waals surface area contributed by atoms with Gasteiger partial charge in [-0.2, -0.15) is 5.48 Å². The summed E-state index contributed by atoms with van der Waals surface area (Å²) in [5, 5.41) is 9.61. The lowest BCUT2D eigenvalue weighted by Crippen LogP contribution is -2.37. The van der Waals surface area contributed by atoms with Gasteiger partial charge in [0.25, 0.3) is 0 Å². The SMILES string of the molecule is O=C(ONc1nnc(Cl)c2ccccc12)N1CCCCC1. The van der Waals surface area contributed by atoms with Crippen LogP contribution in [0.1, 0.15) is 19.3 Å². The standard InChI is InChI=1S/C14H15ClN4O2/c15-12-10-6-2-3-7-11(10)13(17-16-12)18-21-14(20)19-8-4-1-5-9-19/h2-3,6-7H,1,4-5,8-9H2,(H,17,18). The second kappa shape index (κ2) is 6.13. The van der Waals surface area contributed by atoms with E-state index in [0.717, 1.165) is 43.1 Å². The van der Waals surface area contributed by atoms with Crippen molar-refractivity contribution < 1.29 is 9.63 Å². The first-order chi connectivity index (χ1) is 10.3. The predicted molar refractivity (Wildman–Crippen MR) is 80.1 cm³/mol. The topological polar surface area (TPSA) is 67.3 Å². The molecule has 0 bridgehead atoms. The average molecular weight is 307 g/mol. The van der Waals surface area contributed by atoms with Gasteiger partial charge in [0.1, 0.15) is 0 Å². The van der Waals surface area contributed by atoms with Gasteiger partial charge in [-0.25, -0.2) is 4.79 Å². The van der Waals surface area contributed by atoms with E-state index in [9.17, 15) is 4.79 Å². The molecule has 1 saturated heterocycles. The van der Waals surface area contributed by atoms with Crippen LogP contribution in [-0.4, -0.2) is 34.3 Å². The van der Waals surface area contributed by atoms with E-state index in [4.69, 9.17) is 16.4 Å². The van der Waals surface area contributed by atoms with Gasteiger partial charge < -0.3 is 9.74 Å². The fraction of sp³-hybridized carbons (Fsp3) is 0.357. The second-order valence-corrected chi connectivity index (χ2v) is 5.26. The first-order valence-corrected chi connectivity index (χ1v) is 7.26. The number of rotatable bonds is 2. The maximum absolute atomic E-state index is 11.9. The van der Waals surface area contributed by atoms with E-state index in [1.807, 2.05) is 24.3 Å². The Balaban J connectivity index is 1.73. The van der Waals surface area contributed by atoms with Crippen LogP contribution in [0.15, 0.2) is 24.3 Å². The summed E-state index contributed by atoms with van der Waals surface area (Å²) in [6.07, 6.45) is 2.79. The van der Waals surface area contributed by atoms with E-state index < -0.39 is 6.09 Å². The number of fused-ring (bicyclic) bond motifs is 1. The minimum Gasteiger partial charge on any atom is -0.323 e. The number of carbonyl (C=O) groups is 1. The summed E-state index contributed by atoms with van der Waals surface area (Å²) in [5.74, 6) is 0.375. The number of aromatic nitrogens is 2. The molecule has 7 heteroatoms. The number of nitrogens with zero attached hydrogens (tertiary/aromatic N) is 3. The molecule has 0 spiro atoms. The minimum absolute atomic E-state index is 0.318. The predicted octanol–water partition coefficient (Wildman–Crippen LogP) is 3.23. The largest absolute Gasteiger partial charge is 0.434 e. The summed E-state index contributed by atoms with van der Waals surface area (Å²) >= 11 is 6.00. The number of hydrogen-bond donors (Lipinski definition) is 1.